The van der Waals surface area contributed by atoms with Gasteiger partial charge in [-0.3, -0.25) is 14.6 Å². The van der Waals surface area contributed by atoms with Gasteiger partial charge in [0.15, 0.2) is 0 Å². The maximum absolute atomic E-state index is 12.5. The highest BCUT2D eigenvalue weighted by atomic mass is 16.2. The third-order valence-electron chi connectivity index (χ3n) is 5.70. The molecule has 0 spiro atoms. The zero-order valence-electron chi connectivity index (χ0n) is 16.6. The summed E-state index contributed by atoms with van der Waals surface area (Å²) in [5.74, 6) is 1.97. The molecule has 3 heterocycles. The Morgan fingerprint density at radius 2 is 1.62 bits per heavy atom. The maximum Gasteiger partial charge on any atom is 0.236 e. The summed E-state index contributed by atoms with van der Waals surface area (Å²) in [5, 5.41) is 0. The van der Waals surface area contributed by atoms with Crippen LogP contribution in [0.4, 0.5) is 0 Å². The van der Waals surface area contributed by atoms with Crippen molar-refractivity contribution in [2.75, 3.05) is 52.4 Å². The van der Waals surface area contributed by atoms with E-state index in [4.69, 9.17) is 0 Å². The molecule has 146 valence electrons. The Labute approximate surface area is 158 Å². The van der Waals surface area contributed by atoms with Gasteiger partial charge in [0.05, 0.1) is 6.54 Å². The van der Waals surface area contributed by atoms with Gasteiger partial charge in [0.25, 0.3) is 0 Å². The highest BCUT2D eigenvalue weighted by Crippen LogP contribution is 2.13. The van der Waals surface area contributed by atoms with E-state index in [1.807, 2.05) is 6.20 Å². The molecule has 3 rings (SSSR count). The summed E-state index contributed by atoms with van der Waals surface area (Å²) in [4.78, 5) is 23.9. The number of amides is 1. The Bertz CT molecular complexity index is 554. The van der Waals surface area contributed by atoms with Gasteiger partial charge in [0.2, 0.25) is 5.91 Å². The van der Waals surface area contributed by atoms with Crippen molar-refractivity contribution >= 4 is 5.91 Å². The Hall–Kier alpha value is -1.40. The van der Waals surface area contributed by atoms with Crippen LogP contribution in [-0.4, -0.2) is 82.5 Å². The van der Waals surface area contributed by atoms with Crippen LogP contribution >= 0.6 is 0 Å². The Morgan fingerprint density at radius 1 is 0.962 bits per heavy atom. The molecule has 2 aliphatic heterocycles. The van der Waals surface area contributed by atoms with E-state index in [0.717, 1.165) is 52.4 Å². The Kier molecular flexibility index (Phi) is 7.08. The second-order valence-electron chi connectivity index (χ2n) is 8.05. The smallest absolute Gasteiger partial charge is 0.236 e. The van der Waals surface area contributed by atoms with Crippen LogP contribution in [0, 0.1) is 0 Å². The van der Waals surface area contributed by atoms with E-state index < -0.39 is 0 Å². The van der Waals surface area contributed by atoms with Gasteiger partial charge in [-0.15, -0.1) is 0 Å². The number of carbonyl (C=O) groups is 1. The van der Waals surface area contributed by atoms with Crippen molar-refractivity contribution in [3.8, 4) is 0 Å². The molecule has 6 heteroatoms. The largest absolute Gasteiger partial charge is 0.342 e. The van der Waals surface area contributed by atoms with Crippen molar-refractivity contribution in [3.05, 3.63) is 18.2 Å². The summed E-state index contributed by atoms with van der Waals surface area (Å²) in [6.07, 6.45) is 8.89. The molecule has 0 aromatic carbocycles. The van der Waals surface area contributed by atoms with Gasteiger partial charge in [-0.1, -0.05) is 26.7 Å². The molecule has 1 amide bonds. The second kappa shape index (κ2) is 9.51. The zero-order valence-corrected chi connectivity index (χ0v) is 16.6. The minimum absolute atomic E-state index is 0.334. The number of nitrogens with zero attached hydrogens (tertiary/aromatic N) is 5. The summed E-state index contributed by atoms with van der Waals surface area (Å²) in [6.45, 7) is 13.1. The highest BCUT2D eigenvalue weighted by molar-refractivity contribution is 5.78. The lowest BCUT2D eigenvalue weighted by Crippen LogP contribution is -2.50. The zero-order chi connectivity index (χ0) is 18.4. The molecule has 0 atom stereocenters. The van der Waals surface area contributed by atoms with Crippen molar-refractivity contribution in [1.82, 2.24) is 24.3 Å². The predicted molar refractivity (Wildman–Crippen MR) is 104 cm³/mol. The Balaban J connectivity index is 1.38. The number of imidazole rings is 1. The topological polar surface area (TPSA) is 44.6 Å². The SMILES string of the molecule is CC(C)c1nccn1CCN1CCN(CC(=O)N2CCCCCC2)CC1. The quantitative estimate of drug-likeness (QED) is 0.778. The molecule has 0 N–H and O–H groups in total. The van der Waals surface area contributed by atoms with Crippen LogP contribution in [0.15, 0.2) is 12.4 Å². The summed E-state index contributed by atoms with van der Waals surface area (Å²) in [7, 11) is 0. The van der Waals surface area contributed by atoms with E-state index >= 15 is 0 Å². The highest BCUT2D eigenvalue weighted by Gasteiger charge is 2.22. The molecule has 0 aliphatic carbocycles. The van der Waals surface area contributed by atoms with E-state index in [-0.39, 0.29) is 0 Å². The van der Waals surface area contributed by atoms with Crippen LogP contribution in [-0.2, 0) is 11.3 Å². The first kappa shape index (κ1) is 19.4. The lowest BCUT2D eigenvalue weighted by molar-refractivity contribution is -0.132. The van der Waals surface area contributed by atoms with Gasteiger partial charge in [-0.25, -0.2) is 4.98 Å². The number of rotatable bonds is 6. The van der Waals surface area contributed by atoms with Gasteiger partial charge in [-0.2, -0.15) is 0 Å². The van der Waals surface area contributed by atoms with Gasteiger partial charge in [0, 0.05) is 70.7 Å². The molecule has 2 aliphatic rings. The molecule has 2 saturated heterocycles. The summed E-state index contributed by atoms with van der Waals surface area (Å²) >= 11 is 0. The van der Waals surface area contributed by atoms with Crippen LogP contribution in [0.25, 0.3) is 0 Å². The minimum atomic E-state index is 0.334. The summed E-state index contributed by atoms with van der Waals surface area (Å²) in [6, 6.07) is 0. The van der Waals surface area contributed by atoms with Crippen LogP contribution in [0.1, 0.15) is 51.3 Å². The number of piperazine rings is 1. The van der Waals surface area contributed by atoms with E-state index in [0.29, 0.717) is 18.4 Å². The van der Waals surface area contributed by atoms with E-state index in [9.17, 15) is 4.79 Å². The summed E-state index contributed by atoms with van der Waals surface area (Å²) in [5.41, 5.74) is 0. The standard InChI is InChI=1S/C20H35N5O/c1-18(2)20-21-7-10-25(20)16-15-22-11-13-23(14-12-22)17-19(26)24-8-5-3-4-6-9-24/h7,10,18H,3-6,8-9,11-17H2,1-2H3. The normalized spacial score (nSPS) is 20.5. The lowest BCUT2D eigenvalue weighted by Gasteiger charge is -2.35. The van der Waals surface area contributed by atoms with Gasteiger partial charge >= 0.3 is 0 Å². The van der Waals surface area contributed by atoms with Gasteiger partial charge in [0.1, 0.15) is 5.82 Å². The molecule has 6 nitrogen and oxygen atoms in total. The molecule has 0 unspecified atom stereocenters. The first-order chi connectivity index (χ1) is 12.6. The fourth-order valence-corrected chi connectivity index (χ4v) is 4.04. The maximum atomic E-state index is 12.5. The fraction of sp³-hybridized carbons (Fsp3) is 0.800. The Morgan fingerprint density at radius 3 is 2.27 bits per heavy atom. The second-order valence-corrected chi connectivity index (χ2v) is 8.05. The van der Waals surface area contributed by atoms with Crippen molar-refractivity contribution in [2.45, 2.75) is 52.0 Å². The molecule has 1 aromatic heterocycles. The molecule has 26 heavy (non-hydrogen) atoms. The molecule has 0 bridgehead atoms. The van der Waals surface area contributed by atoms with Crippen LogP contribution < -0.4 is 0 Å². The molecule has 0 saturated carbocycles. The molecule has 0 radical (unpaired) electrons. The number of hydrogen-bond donors (Lipinski definition) is 0. The molecular weight excluding hydrogens is 326 g/mol. The first-order valence-corrected chi connectivity index (χ1v) is 10.4. The average Bonchev–Trinajstić information content (AvgIpc) is 2.94. The third-order valence-corrected chi connectivity index (χ3v) is 5.70. The molecule has 2 fully saturated rings. The fourth-order valence-electron chi connectivity index (χ4n) is 4.04. The van der Waals surface area contributed by atoms with E-state index in [2.05, 4.69) is 44.3 Å². The third kappa shape index (κ3) is 5.30. The first-order valence-electron chi connectivity index (χ1n) is 10.4. The van der Waals surface area contributed by atoms with E-state index in [1.165, 1.54) is 31.5 Å². The number of likely N-dealkylation sites (tertiary alicyclic amines) is 1. The minimum Gasteiger partial charge on any atom is -0.342 e. The average molecular weight is 362 g/mol. The number of hydrogen-bond acceptors (Lipinski definition) is 4. The molecule has 1 aromatic rings. The monoisotopic (exact) mass is 361 g/mol. The van der Waals surface area contributed by atoms with Crippen molar-refractivity contribution in [2.24, 2.45) is 0 Å². The van der Waals surface area contributed by atoms with Crippen molar-refractivity contribution in [1.29, 1.82) is 0 Å². The van der Waals surface area contributed by atoms with Crippen LogP contribution in [0.3, 0.4) is 0 Å². The lowest BCUT2D eigenvalue weighted by atomic mass is 10.2. The van der Waals surface area contributed by atoms with Crippen LogP contribution in [0.5, 0.6) is 0 Å². The summed E-state index contributed by atoms with van der Waals surface area (Å²) < 4.78 is 2.28. The number of aromatic nitrogens is 2. The number of carbonyl (C=O) groups excluding carboxylic acids is 1. The van der Waals surface area contributed by atoms with Gasteiger partial charge < -0.3 is 9.47 Å². The predicted octanol–water partition coefficient (Wildman–Crippen LogP) is 2.03. The van der Waals surface area contributed by atoms with Crippen molar-refractivity contribution in [3.63, 3.8) is 0 Å². The van der Waals surface area contributed by atoms with Crippen LogP contribution in [0.2, 0.25) is 0 Å². The van der Waals surface area contributed by atoms with Crippen molar-refractivity contribution < 1.29 is 4.79 Å². The van der Waals surface area contributed by atoms with E-state index in [1.54, 1.807) is 0 Å². The van der Waals surface area contributed by atoms with Gasteiger partial charge in [-0.05, 0) is 12.8 Å². The molecular formula is C20H35N5O.